The van der Waals surface area contributed by atoms with Gasteiger partial charge in [0.05, 0.1) is 6.04 Å². The second kappa shape index (κ2) is 9.00. The highest BCUT2D eigenvalue weighted by molar-refractivity contribution is 5.87. The molecular weight excluding hydrogens is 418 g/mol. The first-order valence-electron chi connectivity index (χ1n) is 15.3. The van der Waals surface area contributed by atoms with E-state index in [0.717, 1.165) is 43.9 Å². The summed E-state index contributed by atoms with van der Waals surface area (Å²) in [5.74, 6) is 3.75. The molecule has 34 heavy (non-hydrogen) atoms. The van der Waals surface area contributed by atoms with Crippen LogP contribution in [0, 0.1) is 34.5 Å². The zero-order valence-corrected chi connectivity index (χ0v) is 22.0. The van der Waals surface area contributed by atoms with Gasteiger partial charge < -0.3 is 0 Å². The lowest BCUT2D eigenvalue weighted by molar-refractivity contribution is -0.162. The fourth-order valence-electron chi connectivity index (χ4n) is 10.8. The number of rotatable bonds is 3. The summed E-state index contributed by atoms with van der Waals surface area (Å²) in [7, 11) is 0. The first-order chi connectivity index (χ1) is 16.4. The third-order valence-electron chi connectivity index (χ3n) is 12.6. The summed E-state index contributed by atoms with van der Waals surface area (Å²) in [5, 5.41) is 0. The van der Waals surface area contributed by atoms with Gasteiger partial charge in [0.1, 0.15) is 11.6 Å². The van der Waals surface area contributed by atoms with Gasteiger partial charge in [0.25, 0.3) is 0 Å². The van der Waals surface area contributed by atoms with Crippen molar-refractivity contribution in [2.75, 3.05) is 0 Å². The van der Waals surface area contributed by atoms with Crippen molar-refractivity contribution in [3.8, 4) is 0 Å². The average Bonchev–Trinajstić information content (AvgIpc) is 3.17. The minimum atomic E-state index is -0.0372. The molecule has 6 aliphatic carbocycles. The van der Waals surface area contributed by atoms with Gasteiger partial charge in [-0.2, -0.15) is 0 Å². The molecule has 190 valence electrons. The molecule has 6 saturated carbocycles. The number of carbonyl (C=O) groups excluding carboxylic acids is 2. The largest absolute Gasteiger partial charge is 0.299 e. The van der Waals surface area contributed by atoms with Crippen molar-refractivity contribution in [2.24, 2.45) is 34.5 Å². The Morgan fingerprint density at radius 2 is 1.29 bits per heavy atom. The molecule has 3 nitrogen and oxygen atoms in total. The third kappa shape index (κ3) is 3.60. The maximum atomic E-state index is 13.9. The van der Waals surface area contributed by atoms with Gasteiger partial charge in [-0.15, -0.1) is 0 Å². The predicted molar refractivity (Wildman–Crippen MR) is 136 cm³/mol. The fraction of sp³-hybridized carbons (Fsp3) is 0.935. The van der Waals surface area contributed by atoms with Crippen LogP contribution >= 0.6 is 0 Å². The van der Waals surface area contributed by atoms with Crippen molar-refractivity contribution < 1.29 is 9.59 Å². The highest BCUT2D eigenvalue weighted by Gasteiger charge is 2.62. The lowest BCUT2D eigenvalue weighted by Gasteiger charge is -2.62. The van der Waals surface area contributed by atoms with Crippen molar-refractivity contribution in [1.82, 2.24) is 4.90 Å². The van der Waals surface area contributed by atoms with Gasteiger partial charge in [-0.3, -0.25) is 14.5 Å². The first-order valence-corrected chi connectivity index (χ1v) is 15.3. The van der Waals surface area contributed by atoms with Gasteiger partial charge in [0.15, 0.2) is 0 Å². The average molecular weight is 468 g/mol. The monoisotopic (exact) mass is 467 g/mol. The summed E-state index contributed by atoms with van der Waals surface area (Å²) >= 11 is 0. The van der Waals surface area contributed by atoms with Crippen LogP contribution in [0.4, 0.5) is 0 Å². The lowest BCUT2D eigenvalue weighted by Crippen LogP contribution is -2.64. The van der Waals surface area contributed by atoms with Crippen LogP contribution in [0.3, 0.4) is 0 Å². The lowest BCUT2D eigenvalue weighted by atomic mass is 9.44. The molecule has 0 unspecified atom stereocenters. The van der Waals surface area contributed by atoms with Crippen LogP contribution in [0.25, 0.3) is 0 Å². The highest BCUT2D eigenvalue weighted by atomic mass is 16.1. The number of fused-ring (bicyclic) bond motifs is 5. The van der Waals surface area contributed by atoms with Crippen molar-refractivity contribution in [1.29, 1.82) is 0 Å². The number of ketones is 2. The van der Waals surface area contributed by atoms with Crippen molar-refractivity contribution >= 4 is 11.6 Å². The molecule has 0 aromatic rings. The van der Waals surface area contributed by atoms with Crippen molar-refractivity contribution in [3.63, 3.8) is 0 Å². The van der Waals surface area contributed by atoms with Crippen LogP contribution in [0.2, 0.25) is 0 Å². The molecule has 0 heterocycles. The second-order valence-corrected chi connectivity index (χ2v) is 13.9. The Kier molecular flexibility index (Phi) is 6.27. The van der Waals surface area contributed by atoms with Crippen LogP contribution < -0.4 is 0 Å². The van der Waals surface area contributed by atoms with E-state index in [9.17, 15) is 9.59 Å². The number of Topliss-reactive ketones (excluding diaryl/α,β-unsaturated/α-hetero) is 2. The topological polar surface area (TPSA) is 37.4 Å². The molecule has 0 bridgehead atoms. The minimum absolute atomic E-state index is 0.0372. The van der Waals surface area contributed by atoms with Gasteiger partial charge >= 0.3 is 0 Å². The van der Waals surface area contributed by atoms with Crippen LogP contribution in [-0.4, -0.2) is 34.6 Å². The van der Waals surface area contributed by atoms with E-state index in [2.05, 4.69) is 18.7 Å². The molecule has 0 spiro atoms. The SMILES string of the molecule is C[C@]12CCC(=O)[C@@H](N(C3CCCCC3)C3CCCCC3)[C@@H]1CC[C@@H]1[C@@H]2CC[C@]2(C)C(=O)CC[C@@H]12. The second-order valence-electron chi connectivity index (χ2n) is 13.9. The molecule has 0 N–H and O–H groups in total. The fourth-order valence-corrected chi connectivity index (χ4v) is 10.8. The standard InChI is InChI=1S/C31H49NO2/c1-30-20-18-27(33)29(32(21-9-5-3-6-10-21)22-11-7-4-8-12-22)26(30)14-13-23-24-15-16-28(34)31(24,2)19-17-25(23)30/h21-26,29H,3-20H2,1-2H3/t23-,24-,25-,26-,29-,30+,31-/m0/s1. The van der Waals surface area contributed by atoms with Gasteiger partial charge in [0, 0.05) is 30.3 Å². The quantitative estimate of drug-likeness (QED) is 0.444. The van der Waals surface area contributed by atoms with E-state index in [0.29, 0.717) is 35.5 Å². The Morgan fingerprint density at radius 1 is 0.647 bits per heavy atom. The number of carbonyl (C=O) groups is 2. The number of hydrogen-bond acceptors (Lipinski definition) is 3. The summed E-state index contributed by atoms with van der Waals surface area (Å²) in [6.45, 7) is 4.91. The van der Waals surface area contributed by atoms with Crippen LogP contribution in [0.1, 0.15) is 129 Å². The van der Waals surface area contributed by atoms with Crippen LogP contribution in [0.15, 0.2) is 0 Å². The smallest absolute Gasteiger partial charge is 0.150 e. The van der Waals surface area contributed by atoms with E-state index in [-0.39, 0.29) is 16.9 Å². The summed E-state index contributed by atoms with van der Waals surface area (Å²) in [5.41, 5.74) is 0.251. The van der Waals surface area contributed by atoms with E-state index in [1.54, 1.807) is 0 Å². The zero-order chi connectivity index (χ0) is 23.5. The molecule has 0 aromatic carbocycles. The number of hydrogen-bond donors (Lipinski definition) is 0. The molecule has 6 fully saturated rings. The van der Waals surface area contributed by atoms with E-state index in [4.69, 9.17) is 0 Å². The molecule has 7 atom stereocenters. The van der Waals surface area contributed by atoms with Gasteiger partial charge in [-0.1, -0.05) is 52.4 Å². The first kappa shape index (κ1) is 23.7. The Balaban J connectivity index is 1.32. The Labute approximate surface area is 208 Å². The summed E-state index contributed by atoms with van der Waals surface area (Å²) in [6, 6.07) is 1.48. The molecule has 3 heteroatoms. The summed E-state index contributed by atoms with van der Waals surface area (Å²) in [4.78, 5) is 29.6. The molecule has 0 radical (unpaired) electrons. The molecule has 0 saturated heterocycles. The summed E-state index contributed by atoms with van der Waals surface area (Å²) < 4.78 is 0. The predicted octanol–water partition coefficient (Wildman–Crippen LogP) is 7.11. The third-order valence-corrected chi connectivity index (χ3v) is 12.6. The maximum absolute atomic E-state index is 13.9. The summed E-state index contributed by atoms with van der Waals surface area (Å²) in [6.07, 6.45) is 22.2. The zero-order valence-electron chi connectivity index (χ0n) is 22.0. The molecule has 0 amide bonds. The minimum Gasteiger partial charge on any atom is -0.299 e. The van der Waals surface area contributed by atoms with E-state index in [1.165, 1.54) is 83.5 Å². The van der Waals surface area contributed by atoms with E-state index >= 15 is 0 Å². The molecule has 6 aliphatic rings. The molecular formula is C31H49NO2. The van der Waals surface area contributed by atoms with Gasteiger partial charge in [-0.05, 0) is 93.3 Å². The molecule has 0 aromatic heterocycles. The van der Waals surface area contributed by atoms with Gasteiger partial charge in [0.2, 0.25) is 0 Å². The molecule has 6 rings (SSSR count). The van der Waals surface area contributed by atoms with E-state index < -0.39 is 0 Å². The van der Waals surface area contributed by atoms with Crippen molar-refractivity contribution in [3.05, 3.63) is 0 Å². The van der Waals surface area contributed by atoms with Crippen LogP contribution in [-0.2, 0) is 9.59 Å². The van der Waals surface area contributed by atoms with Gasteiger partial charge in [-0.25, -0.2) is 0 Å². The normalized spacial score (nSPS) is 46.3. The Bertz CT molecular complexity index is 777. The van der Waals surface area contributed by atoms with Crippen LogP contribution in [0.5, 0.6) is 0 Å². The maximum Gasteiger partial charge on any atom is 0.150 e. The molecule has 0 aliphatic heterocycles. The Hall–Kier alpha value is -0.700. The Morgan fingerprint density at radius 3 is 1.94 bits per heavy atom. The highest BCUT2D eigenvalue weighted by Crippen LogP contribution is 2.65. The van der Waals surface area contributed by atoms with Crippen molar-refractivity contribution in [2.45, 2.75) is 148 Å². The van der Waals surface area contributed by atoms with E-state index in [1.807, 2.05) is 0 Å². The number of nitrogens with zero attached hydrogens (tertiary/aromatic N) is 1.